The summed E-state index contributed by atoms with van der Waals surface area (Å²) < 4.78 is 10.7. The second-order valence-corrected chi connectivity index (χ2v) is 5.61. The second kappa shape index (κ2) is 7.78. The van der Waals surface area contributed by atoms with Gasteiger partial charge in [-0.15, -0.1) is 0 Å². The molecule has 1 amide bonds. The van der Waals surface area contributed by atoms with Gasteiger partial charge in [0.25, 0.3) is 0 Å². The van der Waals surface area contributed by atoms with Crippen molar-refractivity contribution in [1.29, 1.82) is 0 Å². The molecule has 0 unspecified atom stereocenters. The van der Waals surface area contributed by atoms with Crippen LogP contribution in [0, 0.1) is 0 Å². The number of hydrogen-bond acceptors (Lipinski definition) is 3. The normalized spacial score (nSPS) is 15.2. The fourth-order valence-electron chi connectivity index (χ4n) is 1.90. The Bertz CT molecular complexity index is 542. The Morgan fingerprint density at radius 1 is 1.33 bits per heavy atom. The van der Waals surface area contributed by atoms with Crippen LogP contribution in [-0.2, 0) is 0 Å². The average Bonchev–Trinajstić information content (AvgIpc) is 3.01. The van der Waals surface area contributed by atoms with Gasteiger partial charge in [0.05, 0.1) is 10.1 Å². The van der Waals surface area contributed by atoms with Gasteiger partial charge < -0.3 is 14.4 Å². The molecule has 114 valence electrons. The first-order chi connectivity index (χ1) is 10.1. The summed E-state index contributed by atoms with van der Waals surface area (Å²) in [6.45, 7) is 1.55. The lowest BCUT2D eigenvalue weighted by Crippen LogP contribution is -2.30. The van der Waals surface area contributed by atoms with Crippen LogP contribution in [-0.4, -0.2) is 30.7 Å². The zero-order chi connectivity index (χ0) is 15.2. The summed E-state index contributed by atoms with van der Waals surface area (Å²) in [7, 11) is 0. The van der Waals surface area contributed by atoms with Gasteiger partial charge in [0.2, 0.25) is 0 Å². The van der Waals surface area contributed by atoms with Crippen molar-refractivity contribution in [3.05, 3.63) is 33.8 Å². The van der Waals surface area contributed by atoms with Crippen LogP contribution in [0.3, 0.4) is 0 Å². The first kappa shape index (κ1) is 16.3. The van der Waals surface area contributed by atoms with Gasteiger partial charge in [-0.05, 0) is 25.0 Å². The molecule has 1 aliphatic rings. The van der Waals surface area contributed by atoms with Crippen molar-refractivity contribution >= 4 is 40.9 Å². The fraction of sp³-hybridized carbons (Fsp3) is 0.357. The van der Waals surface area contributed by atoms with Crippen molar-refractivity contribution in [3.8, 4) is 11.5 Å². The maximum atomic E-state index is 11.9. The Balaban J connectivity index is 2.01. The molecule has 0 bridgehead atoms. The topological polar surface area (TPSA) is 38.8 Å². The summed E-state index contributed by atoms with van der Waals surface area (Å²) in [5.74, 6) is 0.748. The Labute approximate surface area is 138 Å². The first-order valence-corrected chi connectivity index (χ1v) is 7.63. The van der Waals surface area contributed by atoms with Gasteiger partial charge >= 0.3 is 6.09 Å². The van der Waals surface area contributed by atoms with Gasteiger partial charge in [0, 0.05) is 24.7 Å². The molecule has 0 atom stereocenters. The predicted molar refractivity (Wildman–Crippen MR) is 83.6 cm³/mol. The monoisotopic (exact) mass is 349 g/mol. The number of carbonyl (C=O) groups excluding carboxylic acids is 1. The lowest BCUT2D eigenvalue weighted by atomic mass is 10.3. The largest absolute Gasteiger partial charge is 0.486 e. The Kier molecular flexibility index (Phi) is 6.03. The standard InChI is InChI=1S/C14H14Cl3NO3/c15-8-10(16)9-20-13-7-11(3-4-12(13)17)21-14(19)18-5-1-2-6-18/h3-4,7-8H,1-2,5-6,9H2/b10-8+. The lowest BCUT2D eigenvalue weighted by Gasteiger charge is -2.15. The van der Waals surface area contributed by atoms with Crippen molar-refractivity contribution in [2.24, 2.45) is 0 Å². The molecular formula is C14H14Cl3NO3. The number of hydrogen-bond donors (Lipinski definition) is 0. The van der Waals surface area contributed by atoms with Gasteiger partial charge in [-0.1, -0.05) is 34.8 Å². The number of ether oxygens (including phenoxy) is 2. The summed E-state index contributed by atoms with van der Waals surface area (Å²) >= 11 is 17.2. The van der Waals surface area contributed by atoms with Gasteiger partial charge in [-0.3, -0.25) is 0 Å². The molecule has 0 saturated carbocycles. The molecule has 1 heterocycles. The zero-order valence-electron chi connectivity index (χ0n) is 11.2. The minimum Gasteiger partial charge on any atom is -0.486 e. The lowest BCUT2D eigenvalue weighted by molar-refractivity contribution is 0.162. The molecule has 21 heavy (non-hydrogen) atoms. The highest BCUT2D eigenvalue weighted by Gasteiger charge is 2.20. The molecule has 1 aromatic rings. The third-order valence-electron chi connectivity index (χ3n) is 2.96. The zero-order valence-corrected chi connectivity index (χ0v) is 13.4. The first-order valence-electron chi connectivity index (χ1n) is 6.44. The second-order valence-electron chi connectivity index (χ2n) is 4.50. The number of likely N-dealkylation sites (tertiary alicyclic amines) is 1. The molecule has 0 spiro atoms. The summed E-state index contributed by atoms with van der Waals surface area (Å²) in [4.78, 5) is 13.6. The number of benzene rings is 1. The third-order valence-corrected chi connectivity index (χ3v) is 3.86. The van der Waals surface area contributed by atoms with E-state index in [1.807, 2.05) is 0 Å². The molecule has 7 heteroatoms. The quantitative estimate of drug-likeness (QED) is 0.794. The van der Waals surface area contributed by atoms with Crippen LogP contribution in [0.15, 0.2) is 28.8 Å². The van der Waals surface area contributed by atoms with E-state index in [4.69, 9.17) is 44.3 Å². The van der Waals surface area contributed by atoms with Crippen LogP contribution in [0.4, 0.5) is 4.79 Å². The number of halogens is 3. The fourth-order valence-corrected chi connectivity index (χ4v) is 2.19. The van der Waals surface area contributed by atoms with Crippen LogP contribution in [0.25, 0.3) is 0 Å². The van der Waals surface area contributed by atoms with Crippen LogP contribution in [0.5, 0.6) is 11.5 Å². The number of nitrogens with zero attached hydrogens (tertiary/aromatic N) is 1. The molecule has 1 fully saturated rings. The maximum Gasteiger partial charge on any atom is 0.415 e. The number of amides is 1. The molecule has 0 N–H and O–H groups in total. The van der Waals surface area contributed by atoms with E-state index in [0.29, 0.717) is 21.6 Å². The van der Waals surface area contributed by atoms with E-state index in [1.54, 1.807) is 23.1 Å². The molecule has 1 aromatic carbocycles. The van der Waals surface area contributed by atoms with Gasteiger partial charge in [0.1, 0.15) is 18.1 Å². The van der Waals surface area contributed by atoms with E-state index in [2.05, 4.69) is 0 Å². The number of carbonyl (C=O) groups is 1. The van der Waals surface area contributed by atoms with E-state index in [0.717, 1.165) is 25.9 Å². The van der Waals surface area contributed by atoms with E-state index < -0.39 is 0 Å². The van der Waals surface area contributed by atoms with Crippen molar-refractivity contribution in [2.75, 3.05) is 19.7 Å². The minimum absolute atomic E-state index is 0.0916. The van der Waals surface area contributed by atoms with E-state index in [1.165, 1.54) is 5.54 Å². The van der Waals surface area contributed by atoms with Gasteiger partial charge in [-0.2, -0.15) is 0 Å². The smallest absolute Gasteiger partial charge is 0.415 e. The Morgan fingerprint density at radius 2 is 2.05 bits per heavy atom. The summed E-state index contributed by atoms with van der Waals surface area (Å²) in [6, 6.07) is 4.76. The highest BCUT2D eigenvalue weighted by Crippen LogP contribution is 2.30. The summed E-state index contributed by atoms with van der Waals surface area (Å²) in [5, 5.41) is 0.738. The van der Waals surface area contributed by atoms with E-state index in [9.17, 15) is 4.79 Å². The minimum atomic E-state index is -0.362. The third kappa shape index (κ3) is 4.70. The van der Waals surface area contributed by atoms with Crippen molar-refractivity contribution < 1.29 is 14.3 Å². The van der Waals surface area contributed by atoms with Crippen molar-refractivity contribution in [3.63, 3.8) is 0 Å². The van der Waals surface area contributed by atoms with Crippen LogP contribution < -0.4 is 9.47 Å². The molecule has 4 nitrogen and oxygen atoms in total. The summed E-state index contributed by atoms with van der Waals surface area (Å²) in [5.41, 5.74) is 1.21. The van der Waals surface area contributed by atoms with Crippen LogP contribution >= 0.6 is 34.8 Å². The van der Waals surface area contributed by atoms with Gasteiger partial charge in [-0.25, -0.2) is 4.79 Å². The molecule has 1 saturated heterocycles. The number of rotatable bonds is 4. The van der Waals surface area contributed by atoms with Gasteiger partial charge in [0.15, 0.2) is 0 Å². The van der Waals surface area contributed by atoms with Crippen LogP contribution in [0.2, 0.25) is 5.02 Å². The molecule has 2 rings (SSSR count). The maximum absolute atomic E-state index is 11.9. The molecule has 1 aliphatic heterocycles. The van der Waals surface area contributed by atoms with Crippen molar-refractivity contribution in [1.82, 2.24) is 4.90 Å². The van der Waals surface area contributed by atoms with E-state index in [-0.39, 0.29) is 12.7 Å². The molecule has 0 aliphatic carbocycles. The SMILES string of the molecule is O=C(Oc1ccc(Cl)c(OC/C(Cl)=C\Cl)c1)N1CCCC1. The molecular weight excluding hydrogens is 337 g/mol. The summed E-state index contributed by atoms with van der Waals surface area (Å²) in [6.07, 6.45) is 1.65. The highest BCUT2D eigenvalue weighted by molar-refractivity contribution is 6.36. The molecule has 0 radical (unpaired) electrons. The predicted octanol–water partition coefficient (Wildman–Crippen LogP) is 4.63. The average molecular weight is 351 g/mol. The Hall–Kier alpha value is -1.10. The van der Waals surface area contributed by atoms with E-state index >= 15 is 0 Å². The molecule has 0 aromatic heterocycles. The highest BCUT2D eigenvalue weighted by atomic mass is 35.5. The van der Waals surface area contributed by atoms with Crippen LogP contribution in [0.1, 0.15) is 12.8 Å². The van der Waals surface area contributed by atoms with Crippen molar-refractivity contribution in [2.45, 2.75) is 12.8 Å². The Morgan fingerprint density at radius 3 is 2.71 bits per heavy atom.